The molecule has 2 saturated heterocycles. The molecule has 0 unspecified atom stereocenters. The first-order valence-corrected chi connectivity index (χ1v) is 9.99. The number of amides is 1. The maximum Gasteiger partial charge on any atom is 0.490 e. The molecule has 2 aromatic heterocycles. The van der Waals surface area contributed by atoms with Crippen LogP contribution in [0.1, 0.15) is 28.8 Å². The van der Waals surface area contributed by atoms with Crippen LogP contribution in [0.4, 0.5) is 13.2 Å². The van der Waals surface area contributed by atoms with E-state index in [-0.39, 0.29) is 18.1 Å². The summed E-state index contributed by atoms with van der Waals surface area (Å²) in [4.78, 5) is 28.0. The molecule has 2 fully saturated rings. The molecule has 1 amide bonds. The van der Waals surface area contributed by atoms with Crippen LogP contribution in [0.15, 0.2) is 36.9 Å². The molecule has 0 aromatic carbocycles. The van der Waals surface area contributed by atoms with Crippen molar-refractivity contribution in [3.05, 3.63) is 48.0 Å². The van der Waals surface area contributed by atoms with Gasteiger partial charge in [-0.1, -0.05) is 6.07 Å². The molecule has 4 heterocycles. The van der Waals surface area contributed by atoms with Gasteiger partial charge in [0, 0.05) is 51.4 Å². The van der Waals surface area contributed by atoms with Gasteiger partial charge in [-0.2, -0.15) is 18.3 Å². The van der Waals surface area contributed by atoms with Gasteiger partial charge in [0.25, 0.3) is 5.91 Å². The summed E-state index contributed by atoms with van der Waals surface area (Å²) in [6.45, 7) is 2.38. The number of hydrogen-bond donors (Lipinski definition) is 2. The fourth-order valence-corrected chi connectivity index (χ4v) is 3.88. The van der Waals surface area contributed by atoms with E-state index in [0.717, 1.165) is 32.5 Å². The summed E-state index contributed by atoms with van der Waals surface area (Å²) < 4.78 is 39.4. The van der Waals surface area contributed by atoms with Gasteiger partial charge in [0.15, 0.2) is 0 Å². The van der Waals surface area contributed by atoms with Crippen LogP contribution in [0.2, 0.25) is 0 Å². The summed E-state index contributed by atoms with van der Waals surface area (Å²) in [5.41, 5.74) is 1.77. The minimum Gasteiger partial charge on any atom is -0.475 e. The fourth-order valence-electron chi connectivity index (χ4n) is 3.88. The van der Waals surface area contributed by atoms with Crippen LogP contribution in [-0.2, 0) is 23.1 Å². The first-order valence-electron chi connectivity index (χ1n) is 9.99. The Kier molecular flexibility index (Phi) is 7.46. The van der Waals surface area contributed by atoms with Crippen molar-refractivity contribution in [1.82, 2.24) is 25.0 Å². The number of carbonyl (C=O) groups excluding carboxylic acids is 1. The highest BCUT2D eigenvalue weighted by atomic mass is 19.4. The molecule has 4 rings (SSSR count). The molecular formula is C20H24F3N5O4. The van der Waals surface area contributed by atoms with Crippen molar-refractivity contribution >= 4 is 11.9 Å². The summed E-state index contributed by atoms with van der Waals surface area (Å²) in [6.07, 6.45) is 4.15. The third-order valence-electron chi connectivity index (χ3n) is 5.27. The maximum absolute atomic E-state index is 12.5. The smallest absolute Gasteiger partial charge is 0.475 e. The molecule has 0 spiro atoms. The molecule has 32 heavy (non-hydrogen) atoms. The quantitative estimate of drug-likeness (QED) is 0.721. The monoisotopic (exact) mass is 455 g/mol. The lowest BCUT2D eigenvalue weighted by atomic mass is 10.0. The van der Waals surface area contributed by atoms with Gasteiger partial charge >= 0.3 is 12.1 Å². The average molecular weight is 455 g/mol. The number of nitrogens with zero attached hydrogens (tertiary/aromatic N) is 4. The number of pyridine rings is 1. The highest BCUT2D eigenvalue weighted by molar-refractivity contribution is 5.94. The number of carboxylic acids is 1. The number of halogens is 3. The number of carboxylic acid groups (broad SMARTS) is 1. The molecule has 2 aliphatic rings. The Morgan fingerprint density at radius 3 is 2.69 bits per heavy atom. The molecule has 2 N–H and O–H groups in total. The predicted octanol–water partition coefficient (Wildman–Crippen LogP) is 1.61. The van der Waals surface area contributed by atoms with Crippen LogP contribution in [-0.4, -0.2) is 74.2 Å². The van der Waals surface area contributed by atoms with E-state index in [9.17, 15) is 18.0 Å². The van der Waals surface area contributed by atoms with E-state index in [0.29, 0.717) is 11.6 Å². The van der Waals surface area contributed by atoms with Crippen LogP contribution < -0.4 is 5.32 Å². The molecule has 3 atom stereocenters. The van der Waals surface area contributed by atoms with Crippen LogP contribution in [0.25, 0.3) is 0 Å². The van der Waals surface area contributed by atoms with Crippen LogP contribution >= 0.6 is 0 Å². The normalized spacial score (nSPS) is 23.1. The molecule has 0 bridgehead atoms. The predicted molar refractivity (Wildman–Crippen MR) is 106 cm³/mol. The summed E-state index contributed by atoms with van der Waals surface area (Å²) in [7, 11) is 1.81. The zero-order valence-electron chi connectivity index (χ0n) is 17.3. The fraction of sp³-hybridized carbons (Fsp3) is 0.500. The Morgan fingerprint density at radius 2 is 2.09 bits per heavy atom. The Balaban J connectivity index is 0.000000360. The molecule has 0 saturated carbocycles. The number of hydrogen-bond acceptors (Lipinski definition) is 6. The topological polar surface area (TPSA) is 110 Å². The summed E-state index contributed by atoms with van der Waals surface area (Å²) in [5.74, 6) is -2.85. The van der Waals surface area contributed by atoms with Crippen molar-refractivity contribution in [2.75, 3.05) is 13.2 Å². The van der Waals surface area contributed by atoms with Crippen LogP contribution in [0.5, 0.6) is 0 Å². The lowest BCUT2D eigenvalue weighted by Crippen LogP contribution is -2.47. The third kappa shape index (κ3) is 6.04. The number of aryl methyl sites for hydroxylation is 1. The van der Waals surface area contributed by atoms with E-state index >= 15 is 0 Å². The molecule has 12 heteroatoms. The van der Waals surface area contributed by atoms with Crippen LogP contribution in [0.3, 0.4) is 0 Å². The SMILES string of the molecule is Cn1cc(C(=O)N[C@@H]2CN(Cc3cccnc3)[C@@H]3CCCO[C@@H]32)cn1.O=C(O)C(F)(F)F. The number of ether oxygens (including phenoxy) is 1. The van der Waals surface area contributed by atoms with Crippen LogP contribution in [0, 0.1) is 0 Å². The molecule has 2 aromatic rings. The summed E-state index contributed by atoms with van der Waals surface area (Å²) in [6, 6.07) is 4.39. The molecule has 0 radical (unpaired) electrons. The molecule has 174 valence electrons. The third-order valence-corrected chi connectivity index (χ3v) is 5.27. The van der Waals surface area contributed by atoms with E-state index in [1.54, 1.807) is 23.3 Å². The van der Waals surface area contributed by atoms with Gasteiger partial charge in [0.1, 0.15) is 0 Å². The minimum atomic E-state index is -5.08. The molecular weight excluding hydrogens is 431 g/mol. The Labute approximate surface area is 182 Å². The van der Waals surface area contributed by atoms with Gasteiger partial charge in [-0.25, -0.2) is 4.79 Å². The first-order chi connectivity index (χ1) is 15.1. The number of aliphatic carboxylic acids is 1. The summed E-state index contributed by atoms with van der Waals surface area (Å²) in [5, 5.41) is 14.3. The van der Waals surface area contributed by atoms with Crippen molar-refractivity contribution in [2.24, 2.45) is 7.05 Å². The highest BCUT2D eigenvalue weighted by Crippen LogP contribution is 2.30. The largest absolute Gasteiger partial charge is 0.490 e. The Hall–Kier alpha value is -2.99. The van der Waals surface area contributed by atoms with Gasteiger partial charge in [-0.3, -0.25) is 19.4 Å². The van der Waals surface area contributed by atoms with E-state index < -0.39 is 12.1 Å². The number of aromatic nitrogens is 3. The van der Waals surface area contributed by atoms with E-state index in [1.807, 2.05) is 19.3 Å². The number of likely N-dealkylation sites (tertiary alicyclic amines) is 1. The molecule has 9 nitrogen and oxygen atoms in total. The van der Waals surface area contributed by atoms with Crippen molar-refractivity contribution < 1.29 is 32.6 Å². The van der Waals surface area contributed by atoms with Crippen molar-refractivity contribution in [3.8, 4) is 0 Å². The minimum absolute atomic E-state index is 0.00493. The number of fused-ring (bicyclic) bond motifs is 1. The van der Waals surface area contributed by atoms with Crippen molar-refractivity contribution in [3.63, 3.8) is 0 Å². The zero-order chi connectivity index (χ0) is 23.3. The Bertz CT molecular complexity index is 921. The lowest BCUT2D eigenvalue weighted by Gasteiger charge is -2.32. The highest BCUT2D eigenvalue weighted by Gasteiger charge is 2.44. The second-order valence-electron chi connectivity index (χ2n) is 7.62. The van der Waals surface area contributed by atoms with E-state index in [2.05, 4.69) is 26.4 Å². The first kappa shape index (κ1) is 23.7. The Morgan fingerprint density at radius 1 is 1.34 bits per heavy atom. The van der Waals surface area contributed by atoms with Gasteiger partial charge < -0.3 is 15.2 Å². The molecule has 2 aliphatic heterocycles. The number of rotatable bonds is 4. The standard InChI is InChI=1S/C18H23N5O2.C2HF3O2/c1-22-11-14(9-20-22)18(24)21-15-12-23(10-13-4-2-6-19-8-13)16-5-3-7-25-17(15)16;3-2(4,5)1(6)7/h2,4,6,8-9,11,15-17H,3,5,7,10,12H2,1H3,(H,21,24);(H,6,7)/t15-,16-,17-;/m1./s1. The molecule has 0 aliphatic carbocycles. The number of nitrogens with one attached hydrogen (secondary N) is 1. The van der Waals surface area contributed by atoms with Gasteiger partial charge in [-0.05, 0) is 24.5 Å². The van der Waals surface area contributed by atoms with Gasteiger partial charge in [0.2, 0.25) is 0 Å². The lowest BCUT2D eigenvalue weighted by molar-refractivity contribution is -0.192. The number of carbonyl (C=O) groups is 2. The van der Waals surface area contributed by atoms with Crippen molar-refractivity contribution in [1.29, 1.82) is 0 Å². The van der Waals surface area contributed by atoms with Gasteiger partial charge in [0.05, 0.1) is 23.9 Å². The average Bonchev–Trinajstić information content (AvgIpc) is 3.33. The van der Waals surface area contributed by atoms with Gasteiger partial charge in [-0.15, -0.1) is 0 Å². The zero-order valence-corrected chi connectivity index (χ0v) is 17.3. The van der Waals surface area contributed by atoms with E-state index in [4.69, 9.17) is 14.6 Å². The summed E-state index contributed by atoms with van der Waals surface area (Å²) >= 11 is 0. The second kappa shape index (κ2) is 10.1. The number of alkyl halides is 3. The van der Waals surface area contributed by atoms with E-state index in [1.165, 1.54) is 5.56 Å². The second-order valence-corrected chi connectivity index (χ2v) is 7.62. The maximum atomic E-state index is 12.5. The van der Waals surface area contributed by atoms with Crippen molar-refractivity contribution in [2.45, 2.75) is 43.8 Å².